The van der Waals surface area contributed by atoms with Gasteiger partial charge in [0.25, 0.3) is 0 Å². The average molecular weight is 448 g/mol. The van der Waals surface area contributed by atoms with E-state index in [9.17, 15) is 13.2 Å². The number of carbonyl (C=O) groups excluding carboxylic acids is 1. The monoisotopic (exact) mass is 447 g/mol. The predicted molar refractivity (Wildman–Crippen MR) is 115 cm³/mol. The highest BCUT2D eigenvalue weighted by Gasteiger charge is 2.25. The SMILES string of the molecule is CS(=O)(=O)N[C@H]1CCCN(C(=O)Nc2cccc(COc3ccc4c(c3)OCO4)c2)C1. The normalized spacial score (nSPS) is 18.0. The molecular weight excluding hydrogens is 422 g/mol. The lowest BCUT2D eigenvalue weighted by Gasteiger charge is -2.32. The maximum atomic E-state index is 12.7. The molecule has 0 aromatic heterocycles. The molecule has 31 heavy (non-hydrogen) atoms. The van der Waals surface area contributed by atoms with E-state index in [2.05, 4.69) is 10.0 Å². The summed E-state index contributed by atoms with van der Waals surface area (Å²) in [7, 11) is -3.31. The van der Waals surface area contributed by atoms with Gasteiger partial charge in [0, 0.05) is 30.9 Å². The second-order valence-corrected chi connectivity index (χ2v) is 9.39. The van der Waals surface area contributed by atoms with Gasteiger partial charge in [0.15, 0.2) is 11.5 Å². The quantitative estimate of drug-likeness (QED) is 0.705. The van der Waals surface area contributed by atoms with E-state index in [0.29, 0.717) is 49.1 Å². The number of hydrogen-bond acceptors (Lipinski definition) is 6. The number of nitrogens with one attached hydrogen (secondary N) is 2. The number of urea groups is 1. The van der Waals surface area contributed by atoms with Crippen LogP contribution >= 0.6 is 0 Å². The Hall–Kier alpha value is -2.98. The zero-order chi connectivity index (χ0) is 21.8. The van der Waals surface area contributed by atoms with Gasteiger partial charge in [-0.15, -0.1) is 0 Å². The van der Waals surface area contributed by atoms with Crippen LogP contribution in [0, 0.1) is 0 Å². The molecule has 10 heteroatoms. The standard InChI is InChI=1S/C21H25N3O6S/c1-31(26,27)23-17-6-3-9-24(12-17)21(25)22-16-5-2-4-15(10-16)13-28-18-7-8-19-20(11-18)30-14-29-19/h2,4-5,7-8,10-11,17,23H,3,6,9,12-14H2,1H3,(H,22,25)/t17-/m0/s1. The summed E-state index contributed by atoms with van der Waals surface area (Å²) in [5, 5.41) is 2.89. The van der Waals surface area contributed by atoms with E-state index in [-0.39, 0.29) is 18.9 Å². The number of carbonyl (C=O) groups is 1. The number of ether oxygens (including phenoxy) is 3. The van der Waals surface area contributed by atoms with Crippen molar-refractivity contribution in [3.05, 3.63) is 48.0 Å². The van der Waals surface area contributed by atoms with Crippen molar-refractivity contribution < 1.29 is 27.4 Å². The highest BCUT2D eigenvalue weighted by atomic mass is 32.2. The third-order valence-electron chi connectivity index (χ3n) is 5.02. The molecule has 1 fully saturated rings. The van der Waals surface area contributed by atoms with Crippen molar-refractivity contribution in [1.29, 1.82) is 0 Å². The van der Waals surface area contributed by atoms with Gasteiger partial charge in [-0.1, -0.05) is 12.1 Å². The molecule has 2 N–H and O–H groups in total. The van der Waals surface area contributed by atoms with Gasteiger partial charge in [0.1, 0.15) is 12.4 Å². The van der Waals surface area contributed by atoms with Crippen LogP contribution in [0.4, 0.5) is 10.5 Å². The van der Waals surface area contributed by atoms with E-state index in [0.717, 1.165) is 18.2 Å². The van der Waals surface area contributed by atoms with Crippen molar-refractivity contribution >= 4 is 21.7 Å². The third kappa shape index (κ3) is 5.80. The number of nitrogens with zero attached hydrogens (tertiary/aromatic N) is 1. The van der Waals surface area contributed by atoms with Gasteiger partial charge >= 0.3 is 6.03 Å². The third-order valence-corrected chi connectivity index (χ3v) is 5.78. The summed E-state index contributed by atoms with van der Waals surface area (Å²) in [5.74, 6) is 2.02. The molecule has 0 aliphatic carbocycles. The highest BCUT2D eigenvalue weighted by molar-refractivity contribution is 7.88. The van der Waals surface area contributed by atoms with Gasteiger partial charge in [-0.3, -0.25) is 0 Å². The minimum absolute atomic E-state index is 0.211. The average Bonchev–Trinajstić information content (AvgIpc) is 3.19. The summed E-state index contributed by atoms with van der Waals surface area (Å²) in [6, 6.07) is 12.3. The van der Waals surface area contributed by atoms with E-state index >= 15 is 0 Å². The second kappa shape index (κ2) is 9.03. The Balaban J connectivity index is 1.33. The molecule has 2 amide bonds. The fourth-order valence-electron chi connectivity index (χ4n) is 3.64. The molecule has 2 aliphatic rings. The van der Waals surface area contributed by atoms with Crippen LogP contribution in [-0.4, -0.2) is 51.5 Å². The van der Waals surface area contributed by atoms with Gasteiger partial charge in [-0.05, 0) is 42.7 Å². The fourth-order valence-corrected chi connectivity index (χ4v) is 4.43. The van der Waals surface area contributed by atoms with Crippen molar-refractivity contribution in [2.45, 2.75) is 25.5 Å². The maximum absolute atomic E-state index is 12.7. The zero-order valence-electron chi connectivity index (χ0n) is 17.2. The van der Waals surface area contributed by atoms with Crippen LogP contribution in [0.15, 0.2) is 42.5 Å². The summed E-state index contributed by atoms with van der Waals surface area (Å²) in [6.45, 7) is 1.46. The largest absolute Gasteiger partial charge is 0.489 e. The second-order valence-electron chi connectivity index (χ2n) is 7.61. The molecule has 1 saturated heterocycles. The Labute approximate surface area is 181 Å². The molecule has 166 valence electrons. The molecule has 2 aromatic carbocycles. The fraction of sp³-hybridized carbons (Fsp3) is 0.381. The first kappa shape index (κ1) is 21.3. The number of benzene rings is 2. The molecular formula is C21H25N3O6S. The highest BCUT2D eigenvalue weighted by Crippen LogP contribution is 2.35. The van der Waals surface area contributed by atoms with Crippen molar-refractivity contribution in [3.8, 4) is 17.2 Å². The summed E-state index contributed by atoms with van der Waals surface area (Å²) in [6.07, 6.45) is 2.58. The summed E-state index contributed by atoms with van der Waals surface area (Å²) in [5.41, 5.74) is 1.54. The van der Waals surface area contributed by atoms with Crippen LogP contribution in [0.1, 0.15) is 18.4 Å². The predicted octanol–water partition coefficient (Wildman–Crippen LogP) is 2.54. The van der Waals surface area contributed by atoms with Crippen LogP contribution in [-0.2, 0) is 16.6 Å². The Morgan fingerprint density at radius 2 is 2.03 bits per heavy atom. The minimum atomic E-state index is -3.31. The van der Waals surface area contributed by atoms with Crippen LogP contribution in [0.3, 0.4) is 0 Å². The topological polar surface area (TPSA) is 106 Å². The molecule has 0 radical (unpaired) electrons. The van der Waals surface area contributed by atoms with E-state index in [4.69, 9.17) is 14.2 Å². The molecule has 0 spiro atoms. The van der Waals surface area contributed by atoms with Gasteiger partial charge in [0.2, 0.25) is 16.8 Å². The van der Waals surface area contributed by atoms with E-state index in [1.165, 1.54) is 0 Å². The van der Waals surface area contributed by atoms with Gasteiger partial charge < -0.3 is 24.4 Å². The summed E-state index contributed by atoms with van der Waals surface area (Å²) >= 11 is 0. The lowest BCUT2D eigenvalue weighted by Crippen LogP contribution is -2.50. The molecule has 2 heterocycles. The van der Waals surface area contributed by atoms with E-state index in [1.807, 2.05) is 24.3 Å². The first-order valence-electron chi connectivity index (χ1n) is 10.0. The lowest BCUT2D eigenvalue weighted by atomic mass is 10.1. The molecule has 0 saturated carbocycles. The molecule has 1 atom stereocenters. The number of rotatable bonds is 6. The molecule has 2 aromatic rings. The minimum Gasteiger partial charge on any atom is -0.489 e. The zero-order valence-corrected chi connectivity index (χ0v) is 18.0. The number of likely N-dealkylation sites (tertiary alicyclic amines) is 1. The van der Waals surface area contributed by atoms with Crippen molar-refractivity contribution in [2.75, 3.05) is 31.5 Å². The Morgan fingerprint density at radius 3 is 2.87 bits per heavy atom. The number of fused-ring (bicyclic) bond motifs is 1. The van der Waals surface area contributed by atoms with Crippen LogP contribution < -0.4 is 24.2 Å². The molecule has 9 nitrogen and oxygen atoms in total. The maximum Gasteiger partial charge on any atom is 0.321 e. The van der Waals surface area contributed by atoms with Gasteiger partial charge in [-0.2, -0.15) is 0 Å². The van der Waals surface area contributed by atoms with Crippen LogP contribution in [0.25, 0.3) is 0 Å². The number of amides is 2. The van der Waals surface area contributed by atoms with Crippen molar-refractivity contribution in [1.82, 2.24) is 9.62 Å². The van der Waals surface area contributed by atoms with Crippen LogP contribution in [0.2, 0.25) is 0 Å². The lowest BCUT2D eigenvalue weighted by molar-refractivity contribution is 0.173. The first-order chi connectivity index (χ1) is 14.9. The molecule has 0 bridgehead atoms. The van der Waals surface area contributed by atoms with E-state index in [1.54, 1.807) is 23.1 Å². The summed E-state index contributed by atoms with van der Waals surface area (Å²) < 4.78 is 42.0. The molecule has 4 rings (SSSR count). The van der Waals surface area contributed by atoms with Crippen molar-refractivity contribution in [2.24, 2.45) is 0 Å². The van der Waals surface area contributed by atoms with Crippen molar-refractivity contribution in [3.63, 3.8) is 0 Å². The summed E-state index contributed by atoms with van der Waals surface area (Å²) in [4.78, 5) is 14.3. The Kier molecular flexibility index (Phi) is 6.19. The van der Waals surface area contributed by atoms with E-state index < -0.39 is 10.0 Å². The molecule has 2 aliphatic heterocycles. The number of anilines is 1. The molecule has 0 unspecified atom stereocenters. The Morgan fingerprint density at radius 1 is 1.19 bits per heavy atom. The first-order valence-corrected chi connectivity index (χ1v) is 11.9. The number of hydrogen-bond donors (Lipinski definition) is 2. The van der Waals surface area contributed by atoms with Crippen LogP contribution in [0.5, 0.6) is 17.2 Å². The Bertz CT molecular complexity index is 1060. The smallest absolute Gasteiger partial charge is 0.321 e. The van der Waals surface area contributed by atoms with Gasteiger partial charge in [0.05, 0.1) is 6.26 Å². The number of sulfonamides is 1. The number of piperidine rings is 1. The van der Waals surface area contributed by atoms with Gasteiger partial charge in [-0.25, -0.2) is 17.9 Å².